The number of carbonyl (C=O) groups excluding carboxylic acids is 2. The average Bonchev–Trinajstić information content (AvgIpc) is 2.37. The van der Waals surface area contributed by atoms with Crippen LogP contribution in [0.15, 0.2) is 30.3 Å². The summed E-state index contributed by atoms with van der Waals surface area (Å²) in [5.41, 5.74) is 0.636. The molecule has 0 unspecified atom stereocenters. The summed E-state index contributed by atoms with van der Waals surface area (Å²) >= 11 is 0. The molecule has 0 spiro atoms. The summed E-state index contributed by atoms with van der Waals surface area (Å²) in [7, 11) is 0. The lowest BCUT2D eigenvalue weighted by Crippen LogP contribution is -2.33. The molecule has 0 aliphatic heterocycles. The molecule has 0 atom stereocenters. The first kappa shape index (κ1) is 13.2. The van der Waals surface area contributed by atoms with Crippen LogP contribution in [0.3, 0.4) is 0 Å². The number of benzene rings is 1. The molecular formula is C13H16NO3. The van der Waals surface area contributed by atoms with E-state index in [0.29, 0.717) is 12.3 Å². The molecule has 0 bridgehead atoms. The van der Waals surface area contributed by atoms with Gasteiger partial charge in [-0.25, -0.2) is 4.79 Å². The zero-order valence-corrected chi connectivity index (χ0v) is 9.89. The first-order valence-electron chi connectivity index (χ1n) is 5.64. The van der Waals surface area contributed by atoms with Crippen LogP contribution >= 0.6 is 0 Å². The van der Waals surface area contributed by atoms with E-state index in [9.17, 15) is 9.59 Å². The number of rotatable bonds is 6. The average molecular weight is 234 g/mol. The van der Waals surface area contributed by atoms with Crippen molar-refractivity contribution in [1.82, 2.24) is 0 Å². The number of ether oxygens (including phenoxy) is 1. The molecule has 1 radical (unpaired) electrons. The van der Waals surface area contributed by atoms with Gasteiger partial charge >= 0.3 is 6.09 Å². The maximum absolute atomic E-state index is 11.7. The number of anilines is 1. The molecule has 4 nitrogen and oxygen atoms in total. The molecule has 17 heavy (non-hydrogen) atoms. The van der Waals surface area contributed by atoms with Crippen molar-refractivity contribution in [3.8, 4) is 0 Å². The molecule has 1 amide bonds. The molecule has 1 aromatic carbocycles. The summed E-state index contributed by atoms with van der Waals surface area (Å²) in [5.74, 6) is 0. The third kappa shape index (κ3) is 4.26. The molecule has 0 aliphatic carbocycles. The molecule has 0 fully saturated rings. The molecule has 4 heteroatoms. The van der Waals surface area contributed by atoms with Crippen molar-refractivity contribution < 1.29 is 14.3 Å². The lowest BCUT2D eigenvalue weighted by molar-refractivity contribution is 0.152. The Bertz CT molecular complexity index is 351. The van der Waals surface area contributed by atoms with E-state index in [4.69, 9.17) is 4.74 Å². The Hall–Kier alpha value is -1.84. The molecule has 0 aromatic heterocycles. The van der Waals surface area contributed by atoms with E-state index >= 15 is 0 Å². The van der Waals surface area contributed by atoms with Crippen LogP contribution in [0.4, 0.5) is 10.5 Å². The largest absolute Gasteiger partial charge is 0.449 e. The second kappa shape index (κ2) is 7.44. The SMILES string of the molecule is CCCCOC(=O)N(C[C]=O)c1ccccc1. The summed E-state index contributed by atoms with van der Waals surface area (Å²) in [6, 6.07) is 8.94. The summed E-state index contributed by atoms with van der Waals surface area (Å²) < 4.78 is 5.06. The van der Waals surface area contributed by atoms with Crippen LogP contribution in [-0.4, -0.2) is 25.5 Å². The van der Waals surface area contributed by atoms with Crippen LogP contribution in [0, 0.1) is 0 Å². The highest BCUT2D eigenvalue weighted by atomic mass is 16.6. The van der Waals surface area contributed by atoms with Crippen LogP contribution in [0.25, 0.3) is 0 Å². The highest BCUT2D eigenvalue weighted by Gasteiger charge is 2.16. The third-order valence-corrected chi connectivity index (χ3v) is 2.23. The first-order valence-corrected chi connectivity index (χ1v) is 5.64. The molecule has 0 saturated heterocycles. The first-order chi connectivity index (χ1) is 8.29. The van der Waals surface area contributed by atoms with Crippen LogP contribution in [-0.2, 0) is 9.53 Å². The van der Waals surface area contributed by atoms with Gasteiger partial charge in [-0.2, -0.15) is 0 Å². The van der Waals surface area contributed by atoms with Crippen LogP contribution in [0.2, 0.25) is 0 Å². The Balaban J connectivity index is 2.65. The number of carbonyl (C=O) groups is 1. The lowest BCUT2D eigenvalue weighted by atomic mass is 10.3. The Morgan fingerprint density at radius 3 is 2.65 bits per heavy atom. The van der Waals surface area contributed by atoms with Crippen molar-refractivity contribution >= 4 is 18.1 Å². The molecule has 0 N–H and O–H groups in total. The highest BCUT2D eigenvalue weighted by Crippen LogP contribution is 2.13. The Morgan fingerprint density at radius 1 is 1.35 bits per heavy atom. The molecule has 1 aromatic rings. The van der Waals surface area contributed by atoms with E-state index < -0.39 is 6.09 Å². The maximum atomic E-state index is 11.7. The fourth-order valence-corrected chi connectivity index (χ4v) is 1.32. The number of amides is 1. The Labute approximate surface area is 101 Å². The van der Waals surface area contributed by atoms with Gasteiger partial charge in [0.15, 0.2) is 0 Å². The van der Waals surface area contributed by atoms with Crippen molar-refractivity contribution in [2.24, 2.45) is 0 Å². The number of hydrogen-bond acceptors (Lipinski definition) is 3. The smallest absolute Gasteiger partial charge is 0.414 e. The maximum Gasteiger partial charge on any atom is 0.414 e. The second-order valence-corrected chi connectivity index (χ2v) is 3.53. The van der Waals surface area contributed by atoms with Gasteiger partial charge in [0.05, 0.1) is 13.2 Å². The van der Waals surface area contributed by atoms with E-state index in [1.54, 1.807) is 30.6 Å². The molecule has 91 valence electrons. The second-order valence-electron chi connectivity index (χ2n) is 3.53. The minimum Gasteiger partial charge on any atom is -0.449 e. The Kier molecular flexibility index (Phi) is 5.79. The van der Waals surface area contributed by atoms with Gasteiger partial charge in [0.1, 0.15) is 0 Å². The monoisotopic (exact) mass is 234 g/mol. The van der Waals surface area contributed by atoms with Crippen molar-refractivity contribution in [3.05, 3.63) is 30.3 Å². The fourth-order valence-electron chi connectivity index (χ4n) is 1.32. The van der Waals surface area contributed by atoms with Gasteiger partial charge in [-0.05, 0) is 18.6 Å². The van der Waals surface area contributed by atoms with Crippen molar-refractivity contribution in [2.45, 2.75) is 19.8 Å². The summed E-state index contributed by atoms with van der Waals surface area (Å²) in [5, 5.41) is 0. The standard InChI is InChI=1S/C13H16NO3/c1-2-3-11-17-13(16)14(9-10-15)12-7-5-4-6-8-12/h4-8H,2-3,9,11H2,1H3. The number of nitrogens with zero attached hydrogens (tertiary/aromatic N) is 1. The quantitative estimate of drug-likeness (QED) is 0.710. The van der Waals surface area contributed by atoms with E-state index in [-0.39, 0.29) is 6.54 Å². The minimum atomic E-state index is -0.506. The molecular weight excluding hydrogens is 218 g/mol. The molecule has 0 aliphatic rings. The number of hydrogen-bond donors (Lipinski definition) is 0. The van der Waals surface area contributed by atoms with E-state index in [1.165, 1.54) is 4.90 Å². The summed E-state index contributed by atoms with van der Waals surface area (Å²) in [4.78, 5) is 23.4. The third-order valence-electron chi connectivity index (χ3n) is 2.23. The molecule has 0 heterocycles. The Morgan fingerprint density at radius 2 is 2.06 bits per heavy atom. The van der Waals surface area contributed by atoms with E-state index in [1.807, 2.05) is 13.0 Å². The van der Waals surface area contributed by atoms with Gasteiger partial charge in [-0.1, -0.05) is 31.5 Å². The summed E-state index contributed by atoms with van der Waals surface area (Å²) in [6.07, 6.45) is 2.98. The van der Waals surface area contributed by atoms with Gasteiger partial charge in [0.25, 0.3) is 0 Å². The normalized spacial score (nSPS) is 9.71. The van der Waals surface area contributed by atoms with Gasteiger partial charge in [-0.3, -0.25) is 9.69 Å². The minimum absolute atomic E-state index is 0.116. The van der Waals surface area contributed by atoms with Crippen LogP contribution < -0.4 is 4.90 Å². The van der Waals surface area contributed by atoms with Gasteiger partial charge in [0, 0.05) is 5.69 Å². The predicted molar refractivity (Wildman–Crippen MR) is 65.7 cm³/mol. The lowest BCUT2D eigenvalue weighted by Gasteiger charge is -2.19. The predicted octanol–water partition coefficient (Wildman–Crippen LogP) is 2.54. The van der Waals surface area contributed by atoms with Crippen molar-refractivity contribution in [1.29, 1.82) is 0 Å². The molecule has 1 rings (SSSR count). The van der Waals surface area contributed by atoms with E-state index in [2.05, 4.69) is 0 Å². The van der Waals surface area contributed by atoms with Crippen molar-refractivity contribution in [3.63, 3.8) is 0 Å². The van der Waals surface area contributed by atoms with Gasteiger partial charge in [0.2, 0.25) is 6.29 Å². The van der Waals surface area contributed by atoms with E-state index in [0.717, 1.165) is 12.8 Å². The van der Waals surface area contributed by atoms with Crippen LogP contribution in [0.5, 0.6) is 0 Å². The number of unbranched alkanes of at least 4 members (excludes halogenated alkanes) is 1. The molecule has 0 saturated carbocycles. The zero-order valence-electron chi connectivity index (χ0n) is 9.89. The summed E-state index contributed by atoms with van der Waals surface area (Å²) in [6.45, 7) is 2.27. The van der Waals surface area contributed by atoms with Gasteiger partial charge in [-0.15, -0.1) is 0 Å². The van der Waals surface area contributed by atoms with Crippen LogP contribution in [0.1, 0.15) is 19.8 Å². The highest BCUT2D eigenvalue weighted by molar-refractivity contribution is 5.90. The number of para-hydroxylation sites is 1. The fraction of sp³-hybridized carbons (Fsp3) is 0.385. The van der Waals surface area contributed by atoms with Crippen molar-refractivity contribution in [2.75, 3.05) is 18.1 Å². The topological polar surface area (TPSA) is 46.6 Å². The van der Waals surface area contributed by atoms with Gasteiger partial charge < -0.3 is 4.74 Å². The zero-order chi connectivity index (χ0) is 12.5.